The van der Waals surface area contributed by atoms with Gasteiger partial charge in [0.1, 0.15) is 5.82 Å². The molecular weight excluding hydrogens is 551 g/mol. The molecule has 0 spiro atoms. The smallest absolute Gasteiger partial charge is 0.409 e. The Bertz CT molecular complexity index is 1240. The van der Waals surface area contributed by atoms with Gasteiger partial charge < -0.3 is 20.3 Å². The molecule has 0 radical (unpaired) electrons. The molecule has 2 unspecified atom stereocenters. The van der Waals surface area contributed by atoms with E-state index in [4.69, 9.17) is 15.2 Å². The summed E-state index contributed by atoms with van der Waals surface area (Å²) < 4.78 is 106. The lowest BCUT2D eigenvalue weighted by molar-refractivity contribution is -0.143. The third kappa shape index (κ3) is 7.94. The molecule has 0 heterocycles. The second-order valence-electron chi connectivity index (χ2n) is 8.92. The maximum atomic E-state index is 14.0. The number of nitrogens with two attached hydrogens (primary N) is 1. The molecule has 1 amide bonds. The summed E-state index contributed by atoms with van der Waals surface area (Å²) >= 11 is 0. The fraction of sp³-hybridized carbons (Fsp3) is 0.385. The van der Waals surface area contributed by atoms with Crippen LogP contribution in [0.4, 0.5) is 41.2 Å². The van der Waals surface area contributed by atoms with E-state index in [0.29, 0.717) is 25.3 Å². The van der Waals surface area contributed by atoms with E-state index in [1.165, 1.54) is 0 Å². The summed E-state index contributed by atoms with van der Waals surface area (Å²) in [5.74, 6) is -1.86. The number of aliphatic imine (C=N–C) groups is 1. The van der Waals surface area contributed by atoms with Crippen LogP contribution in [0.3, 0.4) is 0 Å². The lowest BCUT2D eigenvalue weighted by Crippen LogP contribution is -2.30. The number of ether oxygens (including phenoxy) is 2. The quantitative estimate of drug-likeness (QED) is 0.235. The Hall–Kier alpha value is -3.65. The molecule has 1 saturated carbocycles. The number of carbonyl (C=O) groups excluding carboxylic acids is 1. The van der Waals surface area contributed by atoms with Crippen molar-refractivity contribution in [2.24, 2.45) is 10.7 Å². The molecule has 2 atom stereocenters. The van der Waals surface area contributed by atoms with Crippen LogP contribution >= 0.6 is 0 Å². The molecule has 0 aliphatic heterocycles. The Morgan fingerprint density at radius 3 is 2.35 bits per heavy atom. The van der Waals surface area contributed by atoms with Gasteiger partial charge in [0.25, 0.3) is 0 Å². The minimum Gasteiger partial charge on any atom is -0.409 e. The highest BCUT2D eigenvalue weighted by molar-refractivity contribution is 6.11. The molecule has 0 saturated heterocycles. The summed E-state index contributed by atoms with van der Waals surface area (Å²) in [6.45, 7) is 0.0594. The van der Waals surface area contributed by atoms with Crippen molar-refractivity contribution in [2.75, 3.05) is 25.1 Å². The van der Waals surface area contributed by atoms with Gasteiger partial charge in [-0.2, -0.15) is 26.3 Å². The van der Waals surface area contributed by atoms with Crippen molar-refractivity contribution in [3.05, 3.63) is 65.1 Å². The molecule has 7 nitrogen and oxygen atoms in total. The predicted octanol–water partition coefficient (Wildman–Crippen LogP) is 5.80. The van der Waals surface area contributed by atoms with E-state index in [0.717, 1.165) is 48.6 Å². The van der Waals surface area contributed by atoms with E-state index < -0.39 is 52.8 Å². The molecule has 1 aliphatic carbocycles. The molecule has 2 aromatic carbocycles. The maximum absolute atomic E-state index is 14.0. The van der Waals surface area contributed by atoms with Crippen LogP contribution in [-0.2, 0) is 17.1 Å². The third-order valence-electron chi connectivity index (χ3n) is 6.05. The number of carbonyl (C=O) groups is 1. The van der Waals surface area contributed by atoms with E-state index in [-0.39, 0.29) is 36.6 Å². The zero-order valence-corrected chi connectivity index (χ0v) is 21.1. The van der Waals surface area contributed by atoms with Crippen LogP contribution in [0.1, 0.15) is 36.0 Å². The van der Waals surface area contributed by atoms with E-state index in [1.807, 2.05) is 0 Å². The SMILES string of the molecule is CN(C(=O)Oc1c(/C(C=NCCOC2CCC(O)C2)=C/N)cc(C(F)(F)F)cc1C(F)(F)F)c1ccc(F)cc1. The highest BCUT2D eigenvalue weighted by Crippen LogP contribution is 2.44. The molecule has 40 heavy (non-hydrogen) atoms. The van der Waals surface area contributed by atoms with E-state index in [1.54, 1.807) is 0 Å². The number of rotatable bonds is 8. The number of hydrogen-bond donors (Lipinski definition) is 2. The molecule has 14 heteroatoms. The Kier molecular flexibility index (Phi) is 9.79. The van der Waals surface area contributed by atoms with Gasteiger partial charge in [0, 0.05) is 36.3 Å². The maximum Gasteiger partial charge on any atom is 0.420 e. The minimum atomic E-state index is -5.36. The first-order chi connectivity index (χ1) is 18.7. The Morgan fingerprint density at radius 2 is 1.80 bits per heavy atom. The van der Waals surface area contributed by atoms with Crippen LogP contribution in [0.15, 0.2) is 47.6 Å². The summed E-state index contributed by atoms with van der Waals surface area (Å²) in [6.07, 6.45) is -9.23. The topological polar surface area (TPSA) is 97.4 Å². The average Bonchev–Trinajstić information content (AvgIpc) is 3.30. The first-order valence-corrected chi connectivity index (χ1v) is 12.0. The van der Waals surface area contributed by atoms with Crippen LogP contribution < -0.4 is 15.4 Å². The van der Waals surface area contributed by atoms with Gasteiger partial charge in [-0.15, -0.1) is 0 Å². The lowest BCUT2D eigenvalue weighted by Gasteiger charge is -2.22. The van der Waals surface area contributed by atoms with Gasteiger partial charge in [-0.25, -0.2) is 9.18 Å². The number of benzene rings is 2. The zero-order valence-electron chi connectivity index (χ0n) is 21.1. The predicted molar refractivity (Wildman–Crippen MR) is 132 cm³/mol. The number of nitrogens with zero attached hydrogens (tertiary/aromatic N) is 2. The minimum absolute atomic E-state index is 0.0164. The normalized spacial score (nSPS) is 18.4. The number of alkyl halides is 6. The van der Waals surface area contributed by atoms with Gasteiger partial charge in [0.05, 0.1) is 36.5 Å². The van der Waals surface area contributed by atoms with Gasteiger partial charge in [0.15, 0.2) is 5.75 Å². The monoisotopic (exact) mass is 577 g/mol. The summed E-state index contributed by atoms with van der Waals surface area (Å²) in [6, 6.07) is 4.50. The molecule has 3 N–H and O–H groups in total. The third-order valence-corrected chi connectivity index (χ3v) is 6.05. The fourth-order valence-electron chi connectivity index (χ4n) is 3.96. The number of hydrogen-bond acceptors (Lipinski definition) is 6. The van der Waals surface area contributed by atoms with Crippen LogP contribution in [0.2, 0.25) is 0 Å². The zero-order chi connectivity index (χ0) is 29.7. The molecule has 218 valence electrons. The van der Waals surface area contributed by atoms with Gasteiger partial charge in [-0.3, -0.25) is 9.89 Å². The number of amides is 1. The van der Waals surface area contributed by atoms with Crippen LogP contribution in [0.5, 0.6) is 5.75 Å². The molecule has 0 aromatic heterocycles. The van der Waals surface area contributed by atoms with Gasteiger partial charge in [-0.05, 0) is 55.7 Å². The molecular formula is C26H26F7N3O4. The average molecular weight is 577 g/mol. The number of anilines is 1. The second kappa shape index (κ2) is 12.7. The van der Waals surface area contributed by atoms with Crippen LogP contribution in [0, 0.1) is 5.82 Å². The van der Waals surface area contributed by atoms with Crippen molar-refractivity contribution in [2.45, 2.75) is 43.8 Å². The Morgan fingerprint density at radius 1 is 1.12 bits per heavy atom. The Balaban J connectivity index is 1.96. The molecule has 0 bridgehead atoms. The highest BCUT2D eigenvalue weighted by atomic mass is 19.4. The van der Waals surface area contributed by atoms with Gasteiger partial charge >= 0.3 is 18.4 Å². The van der Waals surface area contributed by atoms with Gasteiger partial charge in [0.2, 0.25) is 0 Å². The molecule has 1 aliphatic rings. The first kappa shape index (κ1) is 30.9. The summed E-state index contributed by atoms with van der Waals surface area (Å²) in [4.78, 5) is 17.5. The summed E-state index contributed by atoms with van der Waals surface area (Å²) in [5.41, 5.74) is 0.903. The van der Waals surface area contributed by atoms with Crippen LogP contribution in [0.25, 0.3) is 5.57 Å². The number of halogens is 7. The Labute approximate surface area is 224 Å². The van der Waals surface area contributed by atoms with E-state index in [2.05, 4.69) is 4.99 Å². The largest absolute Gasteiger partial charge is 0.420 e. The second-order valence-corrected chi connectivity index (χ2v) is 8.92. The van der Waals surface area contributed by atoms with Gasteiger partial charge in [-0.1, -0.05) is 0 Å². The van der Waals surface area contributed by atoms with E-state index in [9.17, 15) is 40.6 Å². The summed E-state index contributed by atoms with van der Waals surface area (Å²) in [7, 11) is 1.12. The highest BCUT2D eigenvalue weighted by Gasteiger charge is 2.41. The van der Waals surface area contributed by atoms with Crippen molar-refractivity contribution in [3.8, 4) is 5.75 Å². The van der Waals surface area contributed by atoms with Crippen molar-refractivity contribution >= 4 is 23.6 Å². The number of allylic oxidation sites excluding steroid dienone is 1. The fourth-order valence-corrected chi connectivity index (χ4v) is 3.96. The lowest BCUT2D eigenvalue weighted by atomic mass is 9.98. The first-order valence-electron chi connectivity index (χ1n) is 12.0. The van der Waals surface area contributed by atoms with Crippen molar-refractivity contribution in [1.29, 1.82) is 0 Å². The summed E-state index contributed by atoms with van der Waals surface area (Å²) in [5, 5.41) is 9.55. The van der Waals surface area contributed by atoms with Crippen molar-refractivity contribution in [1.82, 2.24) is 0 Å². The number of aliphatic hydroxyl groups is 1. The molecule has 2 aromatic rings. The number of aliphatic hydroxyl groups excluding tert-OH is 1. The van der Waals surface area contributed by atoms with Crippen molar-refractivity contribution in [3.63, 3.8) is 0 Å². The standard InChI is InChI=1S/C26H26F7N3O4/c1-36(18-4-2-17(27)3-5-18)24(38)40-23-21(10-16(25(28,29)30)11-22(23)26(31,32)33)15(13-34)14-35-8-9-39-20-7-6-19(37)12-20/h2-5,10-11,13-14,19-20,37H,6-9,12,34H2,1H3/b15-13+,35-14?. The van der Waals surface area contributed by atoms with Crippen LogP contribution in [-0.4, -0.2) is 49.8 Å². The molecule has 3 rings (SSSR count). The molecule has 1 fully saturated rings. The van der Waals surface area contributed by atoms with E-state index >= 15 is 0 Å². The van der Waals surface area contributed by atoms with Crippen molar-refractivity contribution < 1.29 is 50.1 Å².